The molecule has 0 unspecified atom stereocenters. The number of carbonyl (C=O) groups excluding carboxylic acids is 1. The molecular formula is C12H13N3OS. The average molecular weight is 247 g/mol. The molecule has 5 heteroatoms. The molecular weight excluding hydrogens is 234 g/mol. The molecule has 0 saturated heterocycles. The van der Waals surface area contributed by atoms with Crippen molar-refractivity contribution in [3.05, 3.63) is 39.7 Å². The molecule has 17 heavy (non-hydrogen) atoms. The van der Waals surface area contributed by atoms with Gasteiger partial charge in [0.15, 0.2) is 0 Å². The molecule has 0 bridgehead atoms. The highest BCUT2D eigenvalue weighted by Gasteiger charge is 2.10. The van der Waals surface area contributed by atoms with E-state index in [9.17, 15) is 4.79 Å². The number of hydrogen-bond acceptors (Lipinski definition) is 4. The van der Waals surface area contributed by atoms with Gasteiger partial charge in [-0.15, -0.1) is 11.3 Å². The summed E-state index contributed by atoms with van der Waals surface area (Å²) < 4.78 is 0. The average Bonchev–Trinajstić information content (AvgIpc) is 2.63. The number of nitrogens with two attached hydrogens (primary N) is 1. The van der Waals surface area contributed by atoms with Crippen molar-refractivity contribution >= 4 is 28.7 Å². The van der Waals surface area contributed by atoms with E-state index in [4.69, 9.17) is 5.73 Å². The summed E-state index contributed by atoms with van der Waals surface area (Å²) in [7, 11) is 0. The molecule has 0 fully saturated rings. The van der Waals surface area contributed by atoms with E-state index in [1.165, 1.54) is 17.5 Å². The first-order chi connectivity index (χ1) is 8.06. The third kappa shape index (κ3) is 2.62. The number of nitrogen functional groups attached to an aromatic ring is 1. The first-order valence-corrected chi connectivity index (χ1v) is 5.98. The number of thiophene rings is 1. The van der Waals surface area contributed by atoms with Gasteiger partial charge in [-0.05, 0) is 37.6 Å². The molecule has 2 aromatic rings. The smallest absolute Gasteiger partial charge is 0.266 e. The van der Waals surface area contributed by atoms with Gasteiger partial charge >= 0.3 is 0 Å². The molecule has 0 aliphatic rings. The lowest BCUT2D eigenvalue weighted by Gasteiger charge is -2.02. The zero-order chi connectivity index (χ0) is 12.4. The SMILES string of the molecule is Cc1cc(C(=O)Nc2ccc(N)cn2)sc1C. The lowest BCUT2D eigenvalue weighted by Crippen LogP contribution is -2.11. The number of anilines is 2. The maximum atomic E-state index is 11.9. The highest BCUT2D eigenvalue weighted by molar-refractivity contribution is 7.14. The second-order valence-electron chi connectivity index (χ2n) is 3.78. The Hall–Kier alpha value is -1.88. The molecule has 2 heterocycles. The molecule has 1 amide bonds. The Labute approximate surface area is 103 Å². The standard InChI is InChI=1S/C12H13N3OS/c1-7-5-10(17-8(7)2)12(16)15-11-4-3-9(13)6-14-11/h3-6H,13H2,1-2H3,(H,14,15,16). The van der Waals surface area contributed by atoms with E-state index in [2.05, 4.69) is 10.3 Å². The van der Waals surface area contributed by atoms with Crippen LogP contribution in [0.2, 0.25) is 0 Å². The monoisotopic (exact) mass is 247 g/mol. The van der Waals surface area contributed by atoms with E-state index in [-0.39, 0.29) is 5.91 Å². The van der Waals surface area contributed by atoms with Crippen molar-refractivity contribution < 1.29 is 4.79 Å². The Morgan fingerprint density at radius 2 is 2.18 bits per heavy atom. The molecule has 0 aromatic carbocycles. The summed E-state index contributed by atoms with van der Waals surface area (Å²) in [6.07, 6.45) is 1.51. The van der Waals surface area contributed by atoms with E-state index >= 15 is 0 Å². The molecule has 4 nitrogen and oxygen atoms in total. The Kier molecular flexibility index (Phi) is 3.10. The number of hydrogen-bond donors (Lipinski definition) is 2. The minimum absolute atomic E-state index is 0.136. The van der Waals surface area contributed by atoms with Crippen LogP contribution in [0.1, 0.15) is 20.1 Å². The van der Waals surface area contributed by atoms with Gasteiger partial charge in [0.25, 0.3) is 5.91 Å². The number of amides is 1. The zero-order valence-corrected chi connectivity index (χ0v) is 10.5. The highest BCUT2D eigenvalue weighted by atomic mass is 32.1. The van der Waals surface area contributed by atoms with Crippen molar-refractivity contribution in [1.82, 2.24) is 4.98 Å². The third-order valence-corrected chi connectivity index (χ3v) is 3.57. The second-order valence-corrected chi connectivity index (χ2v) is 5.04. The highest BCUT2D eigenvalue weighted by Crippen LogP contribution is 2.21. The number of aromatic nitrogens is 1. The van der Waals surface area contributed by atoms with Crippen LogP contribution in [-0.2, 0) is 0 Å². The molecule has 0 aliphatic heterocycles. The molecule has 2 aromatic heterocycles. The van der Waals surface area contributed by atoms with Crippen molar-refractivity contribution in [2.75, 3.05) is 11.1 Å². The van der Waals surface area contributed by atoms with Gasteiger partial charge < -0.3 is 11.1 Å². The fourth-order valence-corrected chi connectivity index (χ4v) is 2.27. The minimum atomic E-state index is -0.136. The quantitative estimate of drug-likeness (QED) is 0.857. The molecule has 0 radical (unpaired) electrons. The summed E-state index contributed by atoms with van der Waals surface area (Å²) in [6.45, 7) is 3.99. The molecule has 88 valence electrons. The predicted molar refractivity (Wildman–Crippen MR) is 70.4 cm³/mol. The van der Waals surface area contributed by atoms with Gasteiger partial charge in [-0.2, -0.15) is 0 Å². The predicted octanol–water partition coefficient (Wildman–Crippen LogP) is 2.59. The Balaban J connectivity index is 2.14. The molecule has 2 rings (SSSR count). The van der Waals surface area contributed by atoms with Gasteiger partial charge in [0.1, 0.15) is 5.82 Å². The van der Waals surface area contributed by atoms with Crippen LogP contribution in [0.4, 0.5) is 11.5 Å². The van der Waals surface area contributed by atoms with Gasteiger partial charge in [-0.1, -0.05) is 0 Å². The number of rotatable bonds is 2. The van der Waals surface area contributed by atoms with E-state index in [0.29, 0.717) is 16.4 Å². The largest absolute Gasteiger partial charge is 0.397 e. The van der Waals surface area contributed by atoms with Crippen LogP contribution in [0.5, 0.6) is 0 Å². The molecule has 0 spiro atoms. The number of nitrogens with zero attached hydrogens (tertiary/aromatic N) is 1. The fourth-order valence-electron chi connectivity index (χ4n) is 1.34. The molecule has 0 saturated carbocycles. The summed E-state index contributed by atoms with van der Waals surface area (Å²) in [5, 5.41) is 2.73. The van der Waals surface area contributed by atoms with Gasteiger partial charge in [0, 0.05) is 4.88 Å². The van der Waals surface area contributed by atoms with Crippen LogP contribution < -0.4 is 11.1 Å². The van der Waals surface area contributed by atoms with E-state index in [0.717, 1.165) is 10.4 Å². The van der Waals surface area contributed by atoms with E-state index in [1.54, 1.807) is 12.1 Å². The molecule has 3 N–H and O–H groups in total. The van der Waals surface area contributed by atoms with Crippen LogP contribution >= 0.6 is 11.3 Å². The second kappa shape index (κ2) is 4.55. The number of aryl methyl sites for hydroxylation is 2. The maximum Gasteiger partial charge on any atom is 0.266 e. The summed E-state index contributed by atoms with van der Waals surface area (Å²) in [6, 6.07) is 5.26. The van der Waals surface area contributed by atoms with Crippen molar-refractivity contribution in [2.24, 2.45) is 0 Å². The van der Waals surface area contributed by atoms with Gasteiger partial charge in [-0.25, -0.2) is 4.98 Å². The molecule has 0 atom stereocenters. The summed E-state index contributed by atoms with van der Waals surface area (Å²) in [5.41, 5.74) is 7.22. The van der Waals surface area contributed by atoms with Gasteiger partial charge in [-0.3, -0.25) is 4.79 Å². The van der Waals surface area contributed by atoms with Crippen LogP contribution in [0.25, 0.3) is 0 Å². The number of carbonyl (C=O) groups is 1. The van der Waals surface area contributed by atoms with Crippen molar-refractivity contribution in [3.63, 3.8) is 0 Å². The van der Waals surface area contributed by atoms with E-state index < -0.39 is 0 Å². The normalized spacial score (nSPS) is 10.2. The Morgan fingerprint density at radius 3 is 2.71 bits per heavy atom. The van der Waals surface area contributed by atoms with Crippen molar-refractivity contribution in [3.8, 4) is 0 Å². The van der Waals surface area contributed by atoms with E-state index in [1.807, 2.05) is 19.9 Å². The number of pyridine rings is 1. The van der Waals surface area contributed by atoms with Gasteiger partial charge in [0.2, 0.25) is 0 Å². The van der Waals surface area contributed by atoms with Crippen LogP contribution in [-0.4, -0.2) is 10.9 Å². The first-order valence-electron chi connectivity index (χ1n) is 5.16. The van der Waals surface area contributed by atoms with Crippen molar-refractivity contribution in [1.29, 1.82) is 0 Å². The van der Waals surface area contributed by atoms with Crippen LogP contribution in [0.15, 0.2) is 24.4 Å². The first kappa shape index (κ1) is 11.6. The third-order valence-electron chi connectivity index (χ3n) is 2.42. The van der Waals surface area contributed by atoms with Crippen molar-refractivity contribution in [2.45, 2.75) is 13.8 Å². The lowest BCUT2D eigenvalue weighted by molar-refractivity contribution is 0.103. The number of nitrogens with one attached hydrogen (secondary N) is 1. The maximum absolute atomic E-state index is 11.9. The zero-order valence-electron chi connectivity index (χ0n) is 9.65. The van der Waals surface area contributed by atoms with Gasteiger partial charge in [0.05, 0.1) is 16.8 Å². The molecule has 0 aliphatic carbocycles. The summed E-state index contributed by atoms with van der Waals surface area (Å²) in [5.74, 6) is 0.372. The summed E-state index contributed by atoms with van der Waals surface area (Å²) in [4.78, 5) is 17.8. The van der Waals surface area contributed by atoms with Crippen LogP contribution in [0.3, 0.4) is 0 Å². The summed E-state index contributed by atoms with van der Waals surface area (Å²) >= 11 is 1.48. The lowest BCUT2D eigenvalue weighted by atomic mass is 10.3. The Morgan fingerprint density at radius 1 is 1.41 bits per heavy atom. The topological polar surface area (TPSA) is 68.0 Å². The Bertz CT molecular complexity index is 526. The van der Waals surface area contributed by atoms with Crippen LogP contribution in [0, 0.1) is 13.8 Å². The fraction of sp³-hybridized carbons (Fsp3) is 0.167. The minimum Gasteiger partial charge on any atom is -0.397 e.